The van der Waals surface area contributed by atoms with E-state index in [2.05, 4.69) is 5.32 Å². The highest BCUT2D eigenvalue weighted by atomic mass is 35.5. The Hall–Kier alpha value is -4.35. The highest BCUT2D eigenvalue weighted by molar-refractivity contribution is 7.92. The monoisotopic (exact) mass is 699 g/mol. The van der Waals surface area contributed by atoms with Gasteiger partial charge < -0.3 is 10.2 Å². The number of alkyl halides is 3. The normalized spacial score (nSPS) is 13.0. The number of halogens is 4. The molecule has 12 heteroatoms. The number of benzene rings is 4. The molecule has 0 unspecified atom stereocenters. The van der Waals surface area contributed by atoms with Crippen LogP contribution >= 0.6 is 11.6 Å². The molecule has 2 amide bonds. The maximum atomic E-state index is 14.5. The van der Waals surface area contributed by atoms with Gasteiger partial charge in [0, 0.05) is 24.0 Å². The van der Waals surface area contributed by atoms with E-state index in [-0.39, 0.29) is 29.6 Å². The molecule has 0 saturated carbocycles. The van der Waals surface area contributed by atoms with Crippen molar-refractivity contribution in [2.45, 2.75) is 63.3 Å². The van der Waals surface area contributed by atoms with Crippen molar-refractivity contribution in [3.8, 4) is 0 Å². The molecule has 1 N–H and O–H groups in total. The van der Waals surface area contributed by atoms with Crippen molar-refractivity contribution in [1.82, 2.24) is 10.2 Å². The lowest BCUT2D eigenvalue weighted by atomic mass is 10.0. The number of hydrogen-bond donors (Lipinski definition) is 1. The van der Waals surface area contributed by atoms with Gasteiger partial charge in [-0.2, -0.15) is 13.2 Å². The Kier molecular flexibility index (Phi) is 11.9. The van der Waals surface area contributed by atoms with E-state index < -0.39 is 46.2 Å². The van der Waals surface area contributed by atoms with Crippen molar-refractivity contribution in [2.75, 3.05) is 10.8 Å². The number of rotatable bonds is 13. The van der Waals surface area contributed by atoms with Crippen LogP contribution < -0.4 is 9.62 Å². The standard InChI is InChI=1S/C36H37ClF3N3O4S/c1-4-26(3)41-35(45)33(21-27-9-6-5-7-10-27)42(23-28-15-17-30(37)18-16-28)34(44)24-43(31-12-8-11-29(22-31)36(38,39)40)48(46,47)32-19-13-25(2)14-20-32/h5-20,22,26,33H,4,21,23-24H2,1-3H3,(H,41,45)/t26-,33+/m0/s1. The summed E-state index contributed by atoms with van der Waals surface area (Å²) in [5.41, 5.74) is 0.686. The van der Waals surface area contributed by atoms with Gasteiger partial charge >= 0.3 is 6.18 Å². The Morgan fingerprint density at radius 3 is 2.12 bits per heavy atom. The summed E-state index contributed by atoms with van der Waals surface area (Å²) in [6.45, 7) is 4.49. The maximum Gasteiger partial charge on any atom is 0.416 e. The summed E-state index contributed by atoms with van der Waals surface area (Å²) in [6.07, 6.45) is -4.06. The third-order valence-electron chi connectivity index (χ3n) is 7.89. The Morgan fingerprint density at radius 1 is 0.875 bits per heavy atom. The van der Waals surface area contributed by atoms with E-state index in [1.54, 1.807) is 55.5 Å². The average molecular weight is 700 g/mol. The molecule has 4 rings (SSSR count). The van der Waals surface area contributed by atoms with E-state index in [1.807, 2.05) is 32.0 Å². The molecule has 7 nitrogen and oxygen atoms in total. The first-order chi connectivity index (χ1) is 22.7. The van der Waals surface area contributed by atoms with Gasteiger partial charge in [0.25, 0.3) is 10.0 Å². The van der Waals surface area contributed by atoms with Gasteiger partial charge in [0.15, 0.2) is 0 Å². The van der Waals surface area contributed by atoms with Crippen molar-refractivity contribution in [3.63, 3.8) is 0 Å². The lowest BCUT2D eigenvalue weighted by Crippen LogP contribution is -2.54. The molecular weight excluding hydrogens is 663 g/mol. The minimum atomic E-state index is -4.77. The summed E-state index contributed by atoms with van der Waals surface area (Å²) >= 11 is 6.11. The maximum absolute atomic E-state index is 14.5. The zero-order valence-electron chi connectivity index (χ0n) is 26.7. The van der Waals surface area contributed by atoms with Gasteiger partial charge in [0.2, 0.25) is 11.8 Å². The second-order valence-corrected chi connectivity index (χ2v) is 13.8. The number of sulfonamides is 1. The van der Waals surface area contributed by atoms with Gasteiger partial charge in [0.1, 0.15) is 12.6 Å². The van der Waals surface area contributed by atoms with Crippen LogP contribution in [0.3, 0.4) is 0 Å². The van der Waals surface area contributed by atoms with E-state index in [0.29, 0.717) is 27.4 Å². The summed E-state index contributed by atoms with van der Waals surface area (Å²) in [4.78, 5) is 29.4. The second kappa shape index (κ2) is 15.7. The Morgan fingerprint density at radius 2 is 1.52 bits per heavy atom. The summed E-state index contributed by atoms with van der Waals surface area (Å²) in [5.74, 6) is -1.25. The molecule has 48 heavy (non-hydrogen) atoms. The molecule has 0 aromatic heterocycles. The van der Waals surface area contributed by atoms with Gasteiger partial charge in [-0.15, -0.1) is 0 Å². The van der Waals surface area contributed by atoms with Crippen LogP contribution in [0.2, 0.25) is 5.02 Å². The molecule has 4 aromatic carbocycles. The molecule has 0 heterocycles. The van der Waals surface area contributed by atoms with Crippen LogP contribution in [0.5, 0.6) is 0 Å². The smallest absolute Gasteiger partial charge is 0.352 e. The Bertz CT molecular complexity index is 1800. The molecule has 0 aliphatic heterocycles. The van der Waals surface area contributed by atoms with Crippen LogP contribution in [-0.2, 0) is 38.8 Å². The second-order valence-electron chi connectivity index (χ2n) is 11.5. The fourth-order valence-electron chi connectivity index (χ4n) is 4.99. The van der Waals surface area contributed by atoms with Crippen molar-refractivity contribution in [3.05, 3.63) is 130 Å². The lowest BCUT2D eigenvalue weighted by molar-refractivity contribution is -0.140. The van der Waals surface area contributed by atoms with Gasteiger partial charge in [-0.05, 0) is 73.9 Å². The molecule has 2 atom stereocenters. The predicted octanol–water partition coefficient (Wildman–Crippen LogP) is 7.42. The van der Waals surface area contributed by atoms with Crippen LogP contribution in [-0.4, -0.2) is 43.8 Å². The van der Waals surface area contributed by atoms with Crippen LogP contribution in [0.1, 0.15) is 42.5 Å². The van der Waals surface area contributed by atoms with Crippen molar-refractivity contribution in [2.24, 2.45) is 0 Å². The zero-order chi connectivity index (χ0) is 35.1. The predicted molar refractivity (Wildman–Crippen MR) is 181 cm³/mol. The van der Waals surface area contributed by atoms with E-state index in [4.69, 9.17) is 11.6 Å². The van der Waals surface area contributed by atoms with Crippen LogP contribution in [0, 0.1) is 6.92 Å². The molecule has 0 radical (unpaired) electrons. The highest BCUT2D eigenvalue weighted by Gasteiger charge is 2.36. The van der Waals surface area contributed by atoms with E-state index in [1.165, 1.54) is 23.1 Å². The first kappa shape index (κ1) is 36.5. The summed E-state index contributed by atoms with van der Waals surface area (Å²) in [6, 6.07) is 23.9. The van der Waals surface area contributed by atoms with Crippen LogP contribution in [0.15, 0.2) is 108 Å². The summed E-state index contributed by atoms with van der Waals surface area (Å²) in [5, 5.41) is 3.39. The summed E-state index contributed by atoms with van der Waals surface area (Å²) in [7, 11) is -4.57. The summed E-state index contributed by atoms with van der Waals surface area (Å²) < 4.78 is 70.3. The number of aryl methyl sites for hydroxylation is 1. The third-order valence-corrected chi connectivity index (χ3v) is 9.93. The average Bonchev–Trinajstić information content (AvgIpc) is 3.06. The number of carbonyl (C=O) groups excluding carboxylic acids is 2. The minimum Gasteiger partial charge on any atom is -0.352 e. The van der Waals surface area contributed by atoms with Crippen molar-refractivity contribution < 1.29 is 31.2 Å². The molecule has 254 valence electrons. The Labute approximate surface area is 284 Å². The zero-order valence-corrected chi connectivity index (χ0v) is 28.3. The highest BCUT2D eigenvalue weighted by Crippen LogP contribution is 2.33. The molecule has 0 bridgehead atoms. The largest absolute Gasteiger partial charge is 0.416 e. The van der Waals surface area contributed by atoms with E-state index in [9.17, 15) is 31.2 Å². The van der Waals surface area contributed by atoms with Crippen molar-refractivity contribution in [1.29, 1.82) is 0 Å². The van der Waals surface area contributed by atoms with Crippen LogP contribution in [0.4, 0.5) is 18.9 Å². The molecule has 0 saturated heterocycles. The topological polar surface area (TPSA) is 86.8 Å². The molecule has 0 aliphatic carbocycles. The van der Waals surface area contributed by atoms with Crippen LogP contribution in [0.25, 0.3) is 0 Å². The fraction of sp³-hybridized carbons (Fsp3) is 0.278. The molecular formula is C36H37ClF3N3O4S. The number of carbonyl (C=O) groups is 2. The van der Waals surface area contributed by atoms with Gasteiger partial charge in [0.05, 0.1) is 16.1 Å². The number of nitrogens with zero attached hydrogens (tertiary/aromatic N) is 2. The van der Waals surface area contributed by atoms with E-state index >= 15 is 0 Å². The van der Waals surface area contributed by atoms with Gasteiger partial charge in [-0.25, -0.2) is 8.42 Å². The SMILES string of the molecule is CC[C@H](C)NC(=O)[C@@H](Cc1ccccc1)N(Cc1ccc(Cl)cc1)C(=O)CN(c1cccc(C(F)(F)F)c1)S(=O)(=O)c1ccc(C)cc1. The van der Waals surface area contributed by atoms with Crippen molar-refractivity contribution >= 4 is 39.1 Å². The fourth-order valence-corrected chi connectivity index (χ4v) is 6.52. The number of anilines is 1. The first-order valence-electron chi connectivity index (χ1n) is 15.3. The first-order valence-corrected chi connectivity index (χ1v) is 17.2. The molecule has 4 aromatic rings. The van der Waals surface area contributed by atoms with Gasteiger partial charge in [-0.1, -0.05) is 84.8 Å². The van der Waals surface area contributed by atoms with Gasteiger partial charge in [-0.3, -0.25) is 13.9 Å². The number of hydrogen-bond acceptors (Lipinski definition) is 4. The third kappa shape index (κ3) is 9.38. The number of nitrogens with one attached hydrogen (secondary N) is 1. The minimum absolute atomic E-state index is 0.0940. The molecule has 0 fully saturated rings. The number of amides is 2. The quantitative estimate of drug-likeness (QED) is 0.157. The molecule has 0 aliphatic rings. The van der Waals surface area contributed by atoms with E-state index in [0.717, 1.165) is 23.3 Å². The lowest BCUT2D eigenvalue weighted by Gasteiger charge is -2.34. The molecule has 0 spiro atoms. The Balaban J connectivity index is 1.84.